The van der Waals surface area contributed by atoms with Crippen molar-refractivity contribution in [3.8, 4) is 5.75 Å². The minimum absolute atomic E-state index is 0.284. The first-order chi connectivity index (χ1) is 9.62. The van der Waals surface area contributed by atoms with E-state index in [4.69, 9.17) is 26.8 Å². The molecule has 0 saturated carbocycles. The number of nitrogens with zero attached hydrogens (tertiary/aromatic N) is 2. The van der Waals surface area contributed by atoms with E-state index in [9.17, 15) is 0 Å². The molecule has 106 valence electrons. The third kappa shape index (κ3) is 3.49. The van der Waals surface area contributed by atoms with Gasteiger partial charge in [0, 0.05) is 18.2 Å². The zero-order chi connectivity index (χ0) is 14.5. The molecule has 0 aliphatic heterocycles. The van der Waals surface area contributed by atoms with Crippen molar-refractivity contribution in [3.63, 3.8) is 0 Å². The standard InChI is InChI=1S/C13H15ClN4O2/c1-19-7-13-17-11(15)6-12(18-13)16-9-5-8(14)3-4-10(9)20-2/h3-6H,7H2,1-2H3,(H3,15,16,17,18). The quantitative estimate of drug-likeness (QED) is 0.882. The van der Waals surface area contributed by atoms with Crippen LogP contribution in [0.3, 0.4) is 0 Å². The zero-order valence-electron chi connectivity index (χ0n) is 11.2. The van der Waals surface area contributed by atoms with E-state index in [2.05, 4.69) is 15.3 Å². The fraction of sp³-hybridized carbons (Fsp3) is 0.231. The van der Waals surface area contributed by atoms with Gasteiger partial charge in [0.05, 0.1) is 12.8 Å². The maximum atomic E-state index is 5.98. The molecule has 0 aliphatic rings. The predicted octanol–water partition coefficient (Wildman–Crippen LogP) is 2.61. The van der Waals surface area contributed by atoms with Gasteiger partial charge in [0.1, 0.15) is 24.0 Å². The van der Waals surface area contributed by atoms with E-state index in [1.54, 1.807) is 38.5 Å². The maximum Gasteiger partial charge on any atom is 0.158 e. The molecule has 1 aromatic carbocycles. The van der Waals surface area contributed by atoms with Crippen LogP contribution in [0, 0.1) is 0 Å². The summed E-state index contributed by atoms with van der Waals surface area (Å²) in [5.74, 6) is 2.05. The van der Waals surface area contributed by atoms with E-state index >= 15 is 0 Å². The number of nitrogens with one attached hydrogen (secondary N) is 1. The molecule has 7 heteroatoms. The Balaban J connectivity index is 2.31. The molecule has 0 fully saturated rings. The van der Waals surface area contributed by atoms with Crippen molar-refractivity contribution >= 4 is 28.9 Å². The lowest BCUT2D eigenvalue weighted by atomic mass is 10.3. The van der Waals surface area contributed by atoms with Gasteiger partial charge in [0.25, 0.3) is 0 Å². The van der Waals surface area contributed by atoms with E-state index in [1.807, 2.05) is 0 Å². The first kappa shape index (κ1) is 14.4. The maximum absolute atomic E-state index is 5.98. The molecule has 2 rings (SSSR count). The summed E-state index contributed by atoms with van der Waals surface area (Å²) in [6, 6.07) is 6.88. The predicted molar refractivity (Wildman–Crippen MR) is 78.4 cm³/mol. The summed E-state index contributed by atoms with van der Waals surface area (Å²) in [5, 5.41) is 3.70. The van der Waals surface area contributed by atoms with Crippen LogP contribution in [0.15, 0.2) is 24.3 Å². The van der Waals surface area contributed by atoms with Gasteiger partial charge in [-0.05, 0) is 18.2 Å². The van der Waals surface area contributed by atoms with Gasteiger partial charge in [-0.3, -0.25) is 0 Å². The van der Waals surface area contributed by atoms with Crippen LogP contribution in [0.2, 0.25) is 5.02 Å². The van der Waals surface area contributed by atoms with Crippen molar-refractivity contribution in [2.24, 2.45) is 0 Å². The van der Waals surface area contributed by atoms with E-state index in [0.717, 1.165) is 0 Å². The second-order valence-electron chi connectivity index (χ2n) is 4.00. The molecular formula is C13H15ClN4O2. The van der Waals surface area contributed by atoms with E-state index < -0.39 is 0 Å². The Morgan fingerprint density at radius 3 is 2.75 bits per heavy atom. The number of hydrogen-bond acceptors (Lipinski definition) is 6. The Morgan fingerprint density at radius 2 is 2.05 bits per heavy atom. The van der Waals surface area contributed by atoms with Crippen molar-refractivity contribution in [2.45, 2.75) is 6.61 Å². The minimum atomic E-state index is 0.284. The average Bonchev–Trinajstić information content (AvgIpc) is 2.38. The third-order valence-corrected chi connectivity index (χ3v) is 2.73. The summed E-state index contributed by atoms with van der Waals surface area (Å²) in [5.41, 5.74) is 6.44. The van der Waals surface area contributed by atoms with Crippen LogP contribution >= 0.6 is 11.6 Å². The second-order valence-corrected chi connectivity index (χ2v) is 4.43. The van der Waals surface area contributed by atoms with Gasteiger partial charge >= 0.3 is 0 Å². The van der Waals surface area contributed by atoms with Gasteiger partial charge < -0.3 is 20.5 Å². The van der Waals surface area contributed by atoms with Gasteiger partial charge in [-0.2, -0.15) is 0 Å². The second kappa shape index (κ2) is 6.40. The van der Waals surface area contributed by atoms with E-state index in [0.29, 0.717) is 33.9 Å². The van der Waals surface area contributed by atoms with E-state index in [-0.39, 0.29) is 6.61 Å². The van der Waals surface area contributed by atoms with Crippen molar-refractivity contribution < 1.29 is 9.47 Å². The lowest BCUT2D eigenvalue weighted by Crippen LogP contribution is -2.05. The molecule has 0 radical (unpaired) electrons. The number of aromatic nitrogens is 2. The van der Waals surface area contributed by atoms with Gasteiger partial charge in [0.2, 0.25) is 0 Å². The number of anilines is 3. The van der Waals surface area contributed by atoms with Crippen molar-refractivity contribution in [1.82, 2.24) is 9.97 Å². The number of methoxy groups -OCH3 is 2. The number of rotatable bonds is 5. The van der Waals surface area contributed by atoms with Gasteiger partial charge in [-0.15, -0.1) is 0 Å². The van der Waals surface area contributed by atoms with E-state index in [1.165, 1.54) is 0 Å². The molecule has 2 aromatic rings. The van der Waals surface area contributed by atoms with Crippen LogP contribution in [0.4, 0.5) is 17.3 Å². The van der Waals surface area contributed by atoms with Crippen molar-refractivity contribution in [3.05, 3.63) is 35.1 Å². The summed E-state index contributed by atoms with van der Waals surface area (Å²) in [6.07, 6.45) is 0. The molecule has 3 N–H and O–H groups in total. The fourth-order valence-electron chi connectivity index (χ4n) is 1.69. The molecule has 0 atom stereocenters. The fourth-order valence-corrected chi connectivity index (χ4v) is 1.86. The number of benzene rings is 1. The molecule has 0 amide bonds. The first-order valence-electron chi connectivity index (χ1n) is 5.85. The van der Waals surface area contributed by atoms with Crippen LogP contribution < -0.4 is 15.8 Å². The highest BCUT2D eigenvalue weighted by Gasteiger charge is 2.07. The van der Waals surface area contributed by atoms with Gasteiger partial charge in [-0.25, -0.2) is 9.97 Å². The molecule has 1 aromatic heterocycles. The topological polar surface area (TPSA) is 82.3 Å². The van der Waals surface area contributed by atoms with Crippen molar-refractivity contribution in [2.75, 3.05) is 25.3 Å². The molecule has 0 unspecified atom stereocenters. The number of nitrogen functional groups attached to an aromatic ring is 1. The van der Waals surface area contributed by atoms with Gasteiger partial charge in [0.15, 0.2) is 5.82 Å². The smallest absolute Gasteiger partial charge is 0.158 e. The lowest BCUT2D eigenvalue weighted by molar-refractivity contribution is 0.178. The monoisotopic (exact) mass is 294 g/mol. The normalized spacial score (nSPS) is 10.3. The highest BCUT2D eigenvalue weighted by Crippen LogP contribution is 2.30. The third-order valence-electron chi connectivity index (χ3n) is 2.49. The molecule has 1 heterocycles. The molecule has 0 bridgehead atoms. The average molecular weight is 295 g/mol. The summed E-state index contributed by atoms with van der Waals surface area (Å²) >= 11 is 5.98. The molecule has 20 heavy (non-hydrogen) atoms. The highest BCUT2D eigenvalue weighted by molar-refractivity contribution is 6.31. The molecule has 0 spiro atoms. The SMILES string of the molecule is COCc1nc(N)cc(Nc2cc(Cl)ccc2OC)n1. The summed E-state index contributed by atoms with van der Waals surface area (Å²) in [7, 11) is 3.15. The van der Waals surface area contributed by atoms with Crippen LogP contribution in [-0.4, -0.2) is 24.2 Å². The number of halogens is 1. The number of hydrogen-bond donors (Lipinski definition) is 2. The first-order valence-corrected chi connectivity index (χ1v) is 6.23. The molecule has 6 nitrogen and oxygen atoms in total. The Hall–Kier alpha value is -2.05. The largest absolute Gasteiger partial charge is 0.495 e. The number of nitrogens with two attached hydrogens (primary N) is 1. The zero-order valence-corrected chi connectivity index (χ0v) is 11.9. The van der Waals surface area contributed by atoms with Crippen LogP contribution in [0.25, 0.3) is 0 Å². The lowest BCUT2D eigenvalue weighted by Gasteiger charge is -2.12. The van der Waals surface area contributed by atoms with Crippen LogP contribution in [0.1, 0.15) is 5.82 Å². The Labute approximate surface area is 121 Å². The molecule has 0 saturated heterocycles. The Bertz CT molecular complexity index is 607. The van der Waals surface area contributed by atoms with Crippen molar-refractivity contribution in [1.29, 1.82) is 0 Å². The highest BCUT2D eigenvalue weighted by atomic mass is 35.5. The Morgan fingerprint density at radius 1 is 1.25 bits per heavy atom. The summed E-state index contributed by atoms with van der Waals surface area (Å²) < 4.78 is 10.3. The summed E-state index contributed by atoms with van der Waals surface area (Å²) in [4.78, 5) is 8.37. The van der Waals surface area contributed by atoms with Gasteiger partial charge in [-0.1, -0.05) is 11.6 Å². The molecule has 0 aliphatic carbocycles. The Kier molecular flexibility index (Phi) is 4.60. The van der Waals surface area contributed by atoms with Crippen LogP contribution in [-0.2, 0) is 11.3 Å². The summed E-state index contributed by atoms with van der Waals surface area (Å²) in [6.45, 7) is 0.284. The number of ether oxygens (including phenoxy) is 2. The minimum Gasteiger partial charge on any atom is -0.495 e. The van der Waals surface area contributed by atoms with Crippen LogP contribution in [0.5, 0.6) is 5.75 Å². The molecular weight excluding hydrogens is 280 g/mol.